The second-order valence-electron chi connectivity index (χ2n) is 5.95. The van der Waals surface area contributed by atoms with Crippen molar-refractivity contribution >= 4 is 28.2 Å². The Kier molecular flexibility index (Phi) is 3.76. The fraction of sp³-hybridized carbons (Fsp3) is 0.263. The van der Waals surface area contributed by atoms with E-state index in [1.807, 2.05) is 19.2 Å². The van der Waals surface area contributed by atoms with E-state index in [9.17, 15) is 0 Å². The average molecular weight is 327 g/mol. The molecule has 1 aliphatic rings. The van der Waals surface area contributed by atoms with Crippen molar-refractivity contribution in [1.29, 1.82) is 0 Å². The number of fused-ring (bicyclic) bond motifs is 1. The Hall–Kier alpha value is -1.97. The standard InChI is InChI=1S/C19H19ClN2O/c1-21-16-6-7-18-14(10-16)11-19(13-2-4-15(20)5-3-13)22(18)17-8-9-23-12-17/h2-7,10-11,17,21H,8-9,12H2,1H3. The molecule has 1 unspecified atom stereocenters. The van der Waals surface area contributed by atoms with Crippen LogP contribution in [0, 0.1) is 0 Å². The first-order valence-electron chi connectivity index (χ1n) is 7.92. The second-order valence-corrected chi connectivity index (χ2v) is 6.38. The minimum atomic E-state index is 0.388. The van der Waals surface area contributed by atoms with Gasteiger partial charge in [0, 0.05) is 41.0 Å². The minimum absolute atomic E-state index is 0.388. The molecule has 0 bridgehead atoms. The molecule has 2 aromatic carbocycles. The molecule has 1 N–H and O–H groups in total. The molecule has 1 atom stereocenters. The summed E-state index contributed by atoms with van der Waals surface area (Å²) in [4.78, 5) is 0. The van der Waals surface area contributed by atoms with Crippen LogP contribution in [0.3, 0.4) is 0 Å². The molecule has 4 rings (SSSR count). The zero-order valence-corrected chi connectivity index (χ0v) is 13.8. The Balaban J connectivity index is 1.93. The maximum absolute atomic E-state index is 6.05. The number of anilines is 1. The molecule has 0 spiro atoms. The Morgan fingerprint density at radius 1 is 1.13 bits per heavy atom. The molecule has 2 heterocycles. The van der Waals surface area contributed by atoms with Crippen molar-refractivity contribution in [2.75, 3.05) is 25.6 Å². The van der Waals surface area contributed by atoms with Gasteiger partial charge in [0.15, 0.2) is 0 Å². The summed E-state index contributed by atoms with van der Waals surface area (Å²) in [6, 6.07) is 17.2. The van der Waals surface area contributed by atoms with E-state index >= 15 is 0 Å². The first kappa shape index (κ1) is 14.6. The van der Waals surface area contributed by atoms with Crippen LogP contribution in [0.25, 0.3) is 22.2 Å². The highest BCUT2D eigenvalue weighted by Crippen LogP contribution is 2.35. The van der Waals surface area contributed by atoms with Crippen molar-refractivity contribution in [3.05, 3.63) is 53.6 Å². The van der Waals surface area contributed by atoms with Crippen LogP contribution in [-0.2, 0) is 4.74 Å². The molecule has 1 fully saturated rings. The van der Waals surface area contributed by atoms with Crippen LogP contribution in [0.2, 0.25) is 5.02 Å². The zero-order chi connectivity index (χ0) is 15.8. The summed E-state index contributed by atoms with van der Waals surface area (Å²) in [6.07, 6.45) is 1.05. The van der Waals surface area contributed by atoms with Crippen LogP contribution >= 0.6 is 11.6 Å². The van der Waals surface area contributed by atoms with Crippen molar-refractivity contribution in [2.24, 2.45) is 0 Å². The van der Waals surface area contributed by atoms with Gasteiger partial charge in [-0.3, -0.25) is 0 Å². The van der Waals surface area contributed by atoms with Crippen molar-refractivity contribution < 1.29 is 4.74 Å². The fourth-order valence-electron chi connectivity index (χ4n) is 3.35. The summed E-state index contributed by atoms with van der Waals surface area (Å²) in [5, 5.41) is 5.22. The summed E-state index contributed by atoms with van der Waals surface area (Å²) in [6.45, 7) is 1.61. The lowest BCUT2D eigenvalue weighted by atomic mass is 10.1. The Morgan fingerprint density at radius 3 is 2.65 bits per heavy atom. The van der Waals surface area contributed by atoms with E-state index in [1.165, 1.54) is 22.2 Å². The molecule has 4 heteroatoms. The number of rotatable bonds is 3. The predicted octanol–water partition coefficient (Wildman–Crippen LogP) is 4.96. The van der Waals surface area contributed by atoms with E-state index in [2.05, 4.69) is 46.3 Å². The van der Waals surface area contributed by atoms with E-state index in [4.69, 9.17) is 16.3 Å². The van der Waals surface area contributed by atoms with Crippen LogP contribution in [-0.4, -0.2) is 24.8 Å². The van der Waals surface area contributed by atoms with Gasteiger partial charge in [-0.1, -0.05) is 23.7 Å². The lowest BCUT2D eigenvalue weighted by Crippen LogP contribution is -2.09. The number of nitrogens with one attached hydrogen (secondary N) is 1. The van der Waals surface area contributed by atoms with Crippen LogP contribution in [0.15, 0.2) is 48.5 Å². The molecule has 3 nitrogen and oxygen atoms in total. The number of halogens is 1. The Bertz CT molecular complexity index is 832. The van der Waals surface area contributed by atoms with Crippen molar-refractivity contribution in [1.82, 2.24) is 4.57 Å². The van der Waals surface area contributed by atoms with E-state index in [1.54, 1.807) is 0 Å². The molecular weight excluding hydrogens is 308 g/mol. The summed E-state index contributed by atoms with van der Waals surface area (Å²) in [5.74, 6) is 0. The van der Waals surface area contributed by atoms with Crippen LogP contribution < -0.4 is 5.32 Å². The third-order valence-electron chi connectivity index (χ3n) is 4.54. The van der Waals surface area contributed by atoms with Crippen LogP contribution in [0.4, 0.5) is 5.69 Å². The topological polar surface area (TPSA) is 26.2 Å². The molecule has 118 valence electrons. The monoisotopic (exact) mass is 326 g/mol. The van der Waals surface area contributed by atoms with Gasteiger partial charge in [0.1, 0.15) is 0 Å². The average Bonchev–Trinajstić information content (AvgIpc) is 3.21. The molecule has 0 amide bonds. The van der Waals surface area contributed by atoms with E-state index < -0.39 is 0 Å². The molecule has 1 aromatic heterocycles. The Labute approximate surface area is 140 Å². The van der Waals surface area contributed by atoms with Crippen LogP contribution in [0.1, 0.15) is 12.5 Å². The number of aromatic nitrogens is 1. The molecule has 0 saturated carbocycles. The summed E-state index contributed by atoms with van der Waals surface area (Å²) in [5.41, 5.74) is 4.79. The van der Waals surface area contributed by atoms with Gasteiger partial charge >= 0.3 is 0 Å². The number of benzene rings is 2. The molecule has 1 aliphatic heterocycles. The first-order valence-corrected chi connectivity index (χ1v) is 8.30. The van der Waals surface area contributed by atoms with Crippen LogP contribution in [0.5, 0.6) is 0 Å². The normalized spacial score (nSPS) is 17.7. The molecular formula is C19H19ClN2O. The van der Waals surface area contributed by atoms with E-state index in [0.717, 1.165) is 30.3 Å². The largest absolute Gasteiger partial charge is 0.388 e. The SMILES string of the molecule is CNc1ccc2c(c1)cc(-c1ccc(Cl)cc1)n2C1CCOC1. The fourth-order valence-corrected chi connectivity index (χ4v) is 3.48. The second kappa shape index (κ2) is 5.91. The van der Waals surface area contributed by atoms with Gasteiger partial charge in [-0.2, -0.15) is 0 Å². The lowest BCUT2D eigenvalue weighted by Gasteiger charge is -2.17. The maximum atomic E-state index is 6.05. The predicted molar refractivity (Wildman–Crippen MR) is 96.4 cm³/mol. The smallest absolute Gasteiger partial charge is 0.0675 e. The van der Waals surface area contributed by atoms with Crippen molar-refractivity contribution in [3.63, 3.8) is 0 Å². The van der Waals surface area contributed by atoms with E-state index in [-0.39, 0.29) is 0 Å². The third kappa shape index (κ3) is 2.60. The van der Waals surface area contributed by atoms with Gasteiger partial charge in [0.25, 0.3) is 0 Å². The maximum Gasteiger partial charge on any atom is 0.0675 e. The zero-order valence-electron chi connectivity index (χ0n) is 13.1. The van der Waals surface area contributed by atoms with Gasteiger partial charge in [-0.25, -0.2) is 0 Å². The first-order chi connectivity index (χ1) is 11.3. The highest BCUT2D eigenvalue weighted by molar-refractivity contribution is 6.30. The number of nitrogens with zero attached hydrogens (tertiary/aromatic N) is 1. The Morgan fingerprint density at radius 2 is 1.96 bits per heavy atom. The molecule has 0 aliphatic carbocycles. The minimum Gasteiger partial charge on any atom is -0.388 e. The third-order valence-corrected chi connectivity index (χ3v) is 4.79. The highest BCUT2D eigenvalue weighted by atomic mass is 35.5. The quantitative estimate of drug-likeness (QED) is 0.735. The van der Waals surface area contributed by atoms with Gasteiger partial charge in [-0.05, 0) is 48.4 Å². The summed E-state index contributed by atoms with van der Waals surface area (Å²) in [7, 11) is 1.95. The van der Waals surface area contributed by atoms with Gasteiger partial charge < -0.3 is 14.6 Å². The van der Waals surface area contributed by atoms with Gasteiger partial charge in [-0.15, -0.1) is 0 Å². The van der Waals surface area contributed by atoms with Gasteiger partial charge in [0.2, 0.25) is 0 Å². The van der Waals surface area contributed by atoms with Crippen molar-refractivity contribution in [2.45, 2.75) is 12.5 Å². The van der Waals surface area contributed by atoms with E-state index in [0.29, 0.717) is 6.04 Å². The number of hydrogen-bond acceptors (Lipinski definition) is 2. The number of ether oxygens (including phenoxy) is 1. The highest BCUT2D eigenvalue weighted by Gasteiger charge is 2.22. The molecule has 23 heavy (non-hydrogen) atoms. The lowest BCUT2D eigenvalue weighted by molar-refractivity contribution is 0.187. The molecule has 1 saturated heterocycles. The number of hydrogen-bond donors (Lipinski definition) is 1. The molecule has 3 aromatic rings. The summed E-state index contributed by atoms with van der Waals surface area (Å²) < 4.78 is 8.05. The van der Waals surface area contributed by atoms with Crippen molar-refractivity contribution in [3.8, 4) is 11.3 Å². The van der Waals surface area contributed by atoms with Gasteiger partial charge in [0.05, 0.1) is 12.6 Å². The molecule has 0 radical (unpaired) electrons. The summed E-state index contributed by atoms with van der Waals surface area (Å²) >= 11 is 6.05.